The normalized spacial score (nSPS) is 9.62. The van der Waals surface area contributed by atoms with Crippen LogP contribution in [0.5, 0.6) is 0 Å². The molecule has 0 aliphatic rings. The van der Waals surface area contributed by atoms with E-state index in [9.17, 15) is 0 Å². The zero-order valence-electron chi connectivity index (χ0n) is 6.88. The molecule has 0 aliphatic heterocycles. The first kappa shape index (κ1) is 8.80. The summed E-state index contributed by atoms with van der Waals surface area (Å²) in [4.78, 5) is 0. The van der Waals surface area contributed by atoms with E-state index in [1.165, 1.54) is 10.1 Å². The van der Waals surface area contributed by atoms with Crippen LogP contribution in [0, 0.1) is 11.8 Å². The molecule has 0 amide bonds. The number of rotatable bonds is 0. The summed E-state index contributed by atoms with van der Waals surface area (Å²) < 4.78 is 1.32. The lowest BCUT2D eigenvalue weighted by Gasteiger charge is -1.90. The minimum Gasteiger partial charge on any atom is -0.144 e. The Kier molecular flexibility index (Phi) is 2.68. The molecule has 2 heteroatoms. The lowest BCUT2D eigenvalue weighted by Crippen LogP contribution is -1.72. The van der Waals surface area contributed by atoms with Gasteiger partial charge in [-0.3, -0.25) is 0 Å². The summed E-state index contributed by atoms with van der Waals surface area (Å²) in [5, 5.41) is 4.12. The largest absolute Gasteiger partial charge is 0.144 e. The Hall–Kier alpha value is -0.780. The van der Waals surface area contributed by atoms with E-state index >= 15 is 0 Å². The van der Waals surface area contributed by atoms with Crippen molar-refractivity contribution in [3.8, 4) is 11.8 Å². The van der Waals surface area contributed by atoms with Gasteiger partial charge in [-0.25, -0.2) is 0 Å². The van der Waals surface area contributed by atoms with Gasteiger partial charge in [-0.2, -0.15) is 0 Å². The van der Waals surface area contributed by atoms with Crippen LogP contribution >= 0.6 is 27.3 Å². The van der Waals surface area contributed by atoms with Crippen LogP contribution in [0.25, 0.3) is 10.1 Å². The molecule has 0 nitrogen and oxygen atoms in total. The third-order valence-electron chi connectivity index (χ3n) is 1.75. The van der Waals surface area contributed by atoms with Gasteiger partial charge >= 0.3 is 0 Å². The standard InChI is InChI=1S/C11H7BrS/c12-6-1-2-9-3-4-11-10(8-9)5-7-13-11/h3-5,7-8H,6H2. The SMILES string of the molecule is BrCC#Cc1ccc2sccc2c1. The fourth-order valence-corrected chi connectivity index (χ4v) is 2.09. The molecule has 0 atom stereocenters. The molecule has 0 bridgehead atoms. The van der Waals surface area contributed by atoms with Gasteiger partial charge in [0.2, 0.25) is 0 Å². The van der Waals surface area contributed by atoms with Gasteiger partial charge < -0.3 is 0 Å². The van der Waals surface area contributed by atoms with Crippen LogP contribution in [-0.4, -0.2) is 5.33 Å². The molecule has 0 fully saturated rings. The molecule has 0 saturated carbocycles. The van der Waals surface area contributed by atoms with E-state index in [1.54, 1.807) is 11.3 Å². The monoisotopic (exact) mass is 250 g/mol. The van der Waals surface area contributed by atoms with Gasteiger partial charge in [0.25, 0.3) is 0 Å². The van der Waals surface area contributed by atoms with Gasteiger partial charge in [-0.1, -0.05) is 27.8 Å². The van der Waals surface area contributed by atoms with Crippen molar-refractivity contribution in [1.29, 1.82) is 0 Å². The average molecular weight is 251 g/mol. The van der Waals surface area contributed by atoms with E-state index in [4.69, 9.17) is 0 Å². The molecule has 1 aromatic heterocycles. The van der Waals surface area contributed by atoms with Crippen LogP contribution in [0.3, 0.4) is 0 Å². The Morgan fingerprint density at radius 2 is 2.23 bits per heavy atom. The third kappa shape index (κ3) is 1.93. The second-order valence-electron chi connectivity index (χ2n) is 2.61. The van der Waals surface area contributed by atoms with Gasteiger partial charge in [0.15, 0.2) is 0 Å². The first-order valence-corrected chi connectivity index (χ1v) is 5.92. The molecule has 0 spiro atoms. The summed E-state index contributed by atoms with van der Waals surface area (Å²) in [6, 6.07) is 8.44. The van der Waals surface area contributed by atoms with E-state index in [0.717, 1.165) is 10.9 Å². The highest BCUT2D eigenvalue weighted by molar-refractivity contribution is 9.09. The molecule has 64 valence electrons. The summed E-state index contributed by atoms with van der Waals surface area (Å²) in [6.45, 7) is 0. The molecular weight excluding hydrogens is 244 g/mol. The van der Waals surface area contributed by atoms with Crippen LogP contribution in [0.2, 0.25) is 0 Å². The van der Waals surface area contributed by atoms with E-state index in [2.05, 4.69) is 57.4 Å². The molecule has 0 N–H and O–H groups in total. The third-order valence-corrected chi connectivity index (χ3v) is 2.93. The Morgan fingerprint density at radius 1 is 1.31 bits per heavy atom. The lowest BCUT2D eigenvalue weighted by molar-refractivity contribution is 1.74. The Morgan fingerprint density at radius 3 is 3.08 bits per heavy atom. The van der Waals surface area contributed by atoms with Gasteiger partial charge in [-0.15, -0.1) is 11.3 Å². The average Bonchev–Trinajstić information content (AvgIpc) is 2.61. The fraction of sp³-hybridized carbons (Fsp3) is 0.0909. The van der Waals surface area contributed by atoms with E-state index in [1.807, 2.05) is 0 Å². The zero-order valence-corrected chi connectivity index (χ0v) is 9.28. The number of hydrogen-bond acceptors (Lipinski definition) is 1. The van der Waals surface area contributed by atoms with Crippen LogP contribution in [-0.2, 0) is 0 Å². The van der Waals surface area contributed by atoms with Crippen molar-refractivity contribution in [2.24, 2.45) is 0 Å². The predicted molar refractivity (Wildman–Crippen MR) is 62.5 cm³/mol. The Labute approximate surface area is 89.7 Å². The van der Waals surface area contributed by atoms with Gasteiger partial charge in [-0.05, 0) is 35.0 Å². The topological polar surface area (TPSA) is 0 Å². The summed E-state index contributed by atoms with van der Waals surface area (Å²) in [5.74, 6) is 6.08. The number of thiophene rings is 1. The number of halogens is 1. The second kappa shape index (κ2) is 3.95. The molecular formula is C11H7BrS. The number of fused-ring (bicyclic) bond motifs is 1. The van der Waals surface area contributed by atoms with Crippen molar-refractivity contribution in [3.05, 3.63) is 35.2 Å². The van der Waals surface area contributed by atoms with Crippen molar-refractivity contribution < 1.29 is 0 Å². The molecule has 13 heavy (non-hydrogen) atoms. The predicted octanol–water partition coefficient (Wildman–Crippen LogP) is 3.65. The fourth-order valence-electron chi connectivity index (χ4n) is 1.18. The summed E-state index contributed by atoms with van der Waals surface area (Å²) in [5.41, 5.74) is 1.09. The molecule has 0 aliphatic carbocycles. The summed E-state index contributed by atoms with van der Waals surface area (Å²) in [6.07, 6.45) is 0. The molecule has 1 heterocycles. The van der Waals surface area contributed by atoms with Crippen molar-refractivity contribution in [2.45, 2.75) is 0 Å². The highest BCUT2D eigenvalue weighted by atomic mass is 79.9. The molecule has 2 aromatic rings. The van der Waals surface area contributed by atoms with Crippen molar-refractivity contribution >= 4 is 37.4 Å². The van der Waals surface area contributed by atoms with E-state index in [0.29, 0.717) is 0 Å². The van der Waals surface area contributed by atoms with E-state index < -0.39 is 0 Å². The van der Waals surface area contributed by atoms with Crippen LogP contribution in [0.4, 0.5) is 0 Å². The lowest BCUT2D eigenvalue weighted by atomic mass is 10.2. The Balaban J connectivity index is 2.48. The Bertz CT molecular complexity index is 473. The maximum absolute atomic E-state index is 3.28. The molecule has 1 aromatic carbocycles. The number of benzene rings is 1. The smallest absolute Gasteiger partial charge is 0.0649 e. The van der Waals surface area contributed by atoms with Crippen LogP contribution in [0.1, 0.15) is 5.56 Å². The zero-order chi connectivity index (χ0) is 9.10. The van der Waals surface area contributed by atoms with Crippen LogP contribution < -0.4 is 0 Å². The minimum absolute atomic E-state index is 0.731. The van der Waals surface area contributed by atoms with Crippen molar-refractivity contribution in [2.75, 3.05) is 5.33 Å². The minimum atomic E-state index is 0.731. The highest BCUT2D eigenvalue weighted by Crippen LogP contribution is 2.21. The molecule has 0 saturated heterocycles. The highest BCUT2D eigenvalue weighted by Gasteiger charge is 1.94. The summed E-state index contributed by atoms with van der Waals surface area (Å²) >= 11 is 5.04. The first-order valence-electron chi connectivity index (χ1n) is 3.92. The van der Waals surface area contributed by atoms with Gasteiger partial charge in [0, 0.05) is 10.3 Å². The quantitative estimate of drug-likeness (QED) is 0.495. The molecule has 2 rings (SSSR count). The van der Waals surface area contributed by atoms with Crippen molar-refractivity contribution in [1.82, 2.24) is 0 Å². The van der Waals surface area contributed by atoms with E-state index in [-0.39, 0.29) is 0 Å². The maximum Gasteiger partial charge on any atom is 0.0649 e. The van der Waals surface area contributed by atoms with Gasteiger partial charge in [0.1, 0.15) is 0 Å². The van der Waals surface area contributed by atoms with Gasteiger partial charge in [0.05, 0.1) is 5.33 Å². The second-order valence-corrected chi connectivity index (χ2v) is 4.12. The molecule has 0 radical (unpaired) electrons. The van der Waals surface area contributed by atoms with Crippen molar-refractivity contribution in [3.63, 3.8) is 0 Å². The summed E-state index contributed by atoms with van der Waals surface area (Å²) in [7, 11) is 0. The maximum atomic E-state index is 3.28. The molecule has 0 unspecified atom stereocenters. The van der Waals surface area contributed by atoms with Crippen LogP contribution in [0.15, 0.2) is 29.6 Å². The number of hydrogen-bond donors (Lipinski definition) is 0. The first-order chi connectivity index (χ1) is 6.40. The number of alkyl halides is 1.